The molecule has 0 aliphatic heterocycles. The van der Waals surface area contributed by atoms with Gasteiger partial charge in [-0.1, -0.05) is 11.6 Å². The Kier molecular flexibility index (Phi) is 6.25. The van der Waals surface area contributed by atoms with Gasteiger partial charge in [-0.05, 0) is 45.0 Å². The summed E-state index contributed by atoms with van der Waals surface area (Å²) in [4.78, 5) is 3.60. The van der Waals surface area contributed by atoms with Crippen LogP contribution in [0.4, 0.5) is 0 Å². The summed E-state index contributed by atoms with van der Waals surface area (Å²) in [6, 6.07) is 4.03. The van der Waals surface area contributed by atoms with Crippen LogP contribution in [0.15, 0.2) is 12.1 Å². The van der Waals surface area contributed by atoms with Crippen molar-refractivity contribution in [3.8, 4) is 0 Å². The third-order valence-corrected chi connectivity index (χ3v) is 3.47. The van der Waals surface area contributed by atoms with Gasteiger partial charge in [-0.3, -0.25) is 0 Å². The number of thiophene rings is 1. The molecule has 0 fully saturated rings. The number of aliphatic hydroxyl groups excluding tert-OH is 1. The number of aliphatic hydroxyl groups is 1. The maximum Gasteiger partial charge on any atom is 0.0931 e. The Morgan fingerprint density at radius 2 is 2.13 bits per heavy atom. The van der Waals surface area contributed by atoms with Crippen molar-refractivity contribution in [1.29, 1.82) is 0 Å². The minimum atomic E-state index is 0.310. The van der Waals surface area contributed by atoms with E-state index < -0.39 is 0 Å². The summed E-state index contributed by atoms with van der Waals surface area (Å²) in [6.07, 6.45) is 3.17. The third-order valence-electron chi connectivity index (χ3n) is 2.25. The zero-order valence-corrected chi connectivity index (χ0v) is 10.7. The molecule has 15 heavy (non-hydrogen) atoms. The summed E-state index contributed by atoms with van der Waals surface area (Å²) in [7, 11) is 2.12. The topological polar surface area (TPSA) is 23.5 Å². The molecule has 1 N–H and O–H groups in total. The molecule has 0 unspecified atom stereocenters. The van der Waals surface area contributed by atoms with Crippen LogP contribution >= 0.6 is 22.9 Å². The van der Waals surface area contributed by atoms with Crippen LogP contribution in [0.3, 0.4) is 0 Å². The largest absolute Gasteiger partial charge is 0.396 e. The van der Waals surface area contributed by atoms with Gasteiger partial charge in [0.05, 0.1) is 4.34 Å². The van der Waals surface area contributed by atoms with Gasteiger partial charge in [0.2, 0.25) is 0 Å². The fraction of sp³-hybridized carbons (Fsp3) is 0.636. The van der Waals surface area contributed by atoms with Gasteiger partial charge in [0.1, 0.15) is 0 Å². The van der Waals surface area contributed by atoms with Crippen molar-refractivity contribution in [3.05, 3.63) is 21.3 Å². The highest BCUT2D eigenvalue weighted by Crippen LogP contribution is 2.22. The van der Waals surface area contributed by atoms with E-state index in [0.717, 1.165) is 36.7 Å². The second-order valence-corrected chi connectivity index (χ2v) is 5.53. The van der Waals surface area contributed by atoms with E-state index in [2.05, 4.69) is 18.0 Å². The van der Waals surface area contributed by atoms with Crippen molar-refractivity contribution in [2.45, 2.75) is 25.8 Å². The van der Waals surface area contributed by atoms with Crippen LogP contribution in [-0.2, 0) is 6.54 Å². The van der Waals surface area contributed by atoms with E-state index >= 15 is 0 Å². The lowest BCUT2D eigenvalue weighted by Gasteiger charge is -2.14. The molecule has 1 heterocycles. The molecule has 1 aromatic rings. The molecule has 0 radical (unpaired) electrons. The molecule has 1 aromatic heterocycles. The van der Waals surface area contributed by atoms with Crippen molar-refractivity contribution < 1.29 is 5.11 Å². The lowest BCUT2D eigenvalue weighted by Crippen LogP contribution is -2.18. The van der Waals surface area contributed by atoms with Crippen molar-refractivity contribution in [1.82, 2.24) is 4.90 Å². The van der Waals surface area contributed by atoms with Gasteiger partial charge in [-0.15, -0.1) is 11.3 Å². The molecule has 0 amide bonds. The fourth-order valence-corrected chi connectivity index (χ4v) is 2.62. The summed E-state index contributed by atoms with van der Waals surface area (Å²) in [5.74, 6) is 0. The average Bonchev–Trinajstić information content (AvgIpc) is 2.59. The third kappa shape index (κ3) is 5.52. The van der Waals surface area contributed by atoms with Crippen LogP contribution in [0, 0.1) is 0 Å². The highest BCUT2D eigenvalue weighted by Gasteiger charge is 2.02. The van der Waals surface area contributed by atoms with E-state index in [0.29, 0.717) is 6.61 Å². The average molecular weight is 248 g/mol. The molecule has 0 saturated heterocycles. The van der Waals surface area contributed by atoms with Gasteiger partial charge in [-0.25, -0.2) is 0 Å². The smallest absolute Gasteiger partial charge is 0.0931 e. The fourth-order valence-electron chi connectivity index (χ4n) is 1.45. The lowest BCUT2D eigenvalue weighted by atomic mass is 10.2. The lowest BCUT2D eigenvalue weighted by molar-refractivity contribution is 0.271. The molecule has 4 heteroatoms. The van der Waals surface area contributed by atoms with Crippen molar-refractivity contribution >= 4 is 22.9 Å². The Hall–Kier alpha value is -0.0900. The molecule has 0 bridgehead atoms. The Balaban J connectivity index is 2.15. The highest BCUT2D eigenvalue weighted by molar-refractivity contribution is 7.16. The molecule has 1 rings (SSSR count). The molecule has 2 nitrogen and oxygen atoms in total. The molecule has 0 aromatic carbocycles. The van der Waals surface area contributed by atoms with Crippen LogP contribution in [-0.4, -0.2) is 30.2 Å². The minimum Gasteiger partial charge on any atom is -0.396 e. The first-order valence-electron chi connectivity index (χ1n) is 5.26. The standard InChI is InChI=1S/C11H18ClNOS/c1-13(7-3-2-4-8-14)9-10-5-6-11(12)15-10/h5-6,14H,2-4,7-9H2,1H3. The van der Waals surface area contributed by atoms with Crippen LogP contribution < -0.4 is 0 Å². The predicted molar refractivity (Wildman–Crippen MR) is 66.6 cm³/mol. The Labute approximate surface area is 100 Å². The summed E-state index contributed by atoms with van der Waals surface area (Å²) >= 11 is 7.51. The second-order valence-electron chi connectivity index (χ2n) is 3.73. The summed E-state index contributed by atoms with van der Waals surface area (Å²) in [5, 5.41) is 8.64. The van der Waals surface area contributed by atoms with Gasteiger partial charge in [0.15, 0.2) is 0 Å². The zero-order valence-electron chi connectivity index (χ0n) is 9.08. The molecule has 0 saturated carbocycles. The minimum absolute atomic E-state index is 0.310. The van der Waals surface area contributed by atoms with Crippen LogP contribution in [0.2, 0.25) is 4.34 Å². The second kappa shape index (κ2) is 7.23. The van der Waals surface area contributed by atoms with E-state index in [-0.39, 0.29) is 0 Å². The number of unbranched alkanes of at least 4 members (excludes halogenated alkanes) is 2. The van der Waals surface area contributed by atoms with Crippen LogP contribution in [0.25, 0.3) is 0 Å². The summed E-state index contributed by atoms with van der Waals surface area (Å²) < 4.78 is 0.860. The van der Waals surface area contributed by atoms with E-state index in [4.69, 9.17) is 16.7 Å². The van der Waals surface area contributed by atoms with Gasteiger partial charge >= 0.3 is 0 Å². The van der Waals surface area contributed by atoms with Gasteiger partial charge in [0.25, 0.3) is 0 Å². The predicted octanol–water partition coefficient (Wildman–Crippen LogP) is 3.00. The molecular formula is C11H18ClNOS. The van der Waals surface area contributed by atoms with E-state index in [9.17, 15) is 0 Å². The first kappa shape index (κ1) is 13.0. The monoisotopic (exact) mass is 247 g/mol. The number of nitrogens with zero attached hydrogens (tertiary/aromatic N) is 1. The molecule has 0 aliphatic rings. The number of hydrogen-bond donors (Lipinski definition) is 1. The van der Waals surface area contributed by atoms with Crippen molar-refractivity contribution in [2.75, 3.05) is 20.2 Å². The Morgan fingerprint density at radius 3 is 2.73 bits per heavy atom. The number of rotatable bonds is 7. The molecule has 86 valence electrons. The SMILES string of the molecule is CN(CCCCCO)Cc1ccc(Cl)s1. The normalized spacial score (nSPS) is 11.2. The molecule has 0 atom stereocenters. The number of halogens is 1. The Morgan fingerprint density at radius 1 is 1.33 bits per heavy atom. The van der Waals surface area contributed by atoms with Crippen molar-refractivity contribution in [3.63, 3.8) is 0 Å². The van der Waals surface area contributed by atoms with Crippen LogP contribution in [0.5, 0.6) is 0 Å². The van der Waals surface area contributed by atoms with Crippen LogP contribution in [0.1, 0.15) is 24.1 Å². The maximum absolute atomic E-state index is 8.64. The highest BCUT2D eigenvalue weighted by atomic mass is 35.5. The van der Waals surface area contributed by atoms with Crippen molar-refractivity contribution in [2.24, 2.45) is 0 Å². The number of hydrogen-bond acceptors (Lipinski definition) is 3. The summed E-state index contributed by atoms with van der Waals surface area (Å²) in [5.41, 5.74) is 0. The molecule has 0 aliphatic carbocycles. The first-order chi connectivity index (χ1) is 7.22. The first-order valence-corrected chi connectivity index (χ1v) is 6.45. The summed E-state index contributed by atoms with van der Waals surface area (Å²) in [6.45, 7) is 2.36. The maximum atomic E-state index is 8.64. The van der Waals surface area contributed by atoms with E-state index in [1.54, 1.807) is 11.3 Å². The molecule has 0 spiro atoms. The van der Waals surface area contributed by atoms with Gasteiger partial charge < -0.3 is 10.0 Å². The molecular weight excluding hydrogens is 230 g/mol. The Bertz CT molecular complexity index is 277. The van der Waals surface area contributed by atoms with E-state index in [1.807, 2.05) is 6.07 Å². The van der Waals surface area contributed by atoms with Gasteiger partial charge in [0, 0.05) is 18.0 Å². The zero-order chi connectivity index (χ0) is 11.1. The quantitative estimate of drug-likeness (QED) is 0.749. The van der Waals surface area contributed by atoms with Gasteiger partial charge in [-0.2, -0.15) is 0 Å². The van der Waals surface area contributed by atoms with E-state index in [1.165, 1.54) is 4.88 Å².